The molecule has 1 spiro atoms. The van der Waals surface area contributed by atoms with Crippen molar-refractivity contribution in [3.63, 3.8) is 0 Å². The van der Waals surface area contributed by atoms with Crippen molar-refractivity contribution in [2.45, 2.75) is 63.1 Å². The fraction of sp³-hybridized carbons (Fsp3) is 0.448. The van der Waals surface area contributed by atoms with Crippen molar-refractivity contribution >= 4 is 5.95 Å². The maximum atomic E-state index is 6.11. The van der Waals surface area contributed by atoms with E-state index in [1.54, 1.807) is 0 Å². The van der Waals surface area contributed by atoms with Gasteiger partial charge in [0.25, 0.3) is 0 Å². The third-order valence-electron chi connectivity index (χ3n) is 8.23. The summed E-state index contributed by atoms with van der Waals surface area (Å²) in [7, 11) is 0. The van der Waals surface area contributed by atoms with Crippen LogP contribution in [0.15, 0.2) is 60.8 Å². The van der Waals surface area contributed by atoms with E-state index in [2.05, 4.69) is 65.3 Å². The molecule has 5 heteroatoms. The van der Waals surface area contributed by atoms with Gasteiger partial charge in [0.05, 0.1) is 17.9 Å². The minimum Gasteiger partial charge on any atom is -0.487 e. The molecule has 3 aromatic rings. The molecule has 0 radical (unpaired) electrons. The van der Waals surface area contributed by atoms with Gasteiger partial charge >= 0.3 is 0 Å². The van der Waals surface area contributed by atoms with E-state index in [0.29, 0.717) is 6.61 Å². The molecule has 2 saturated heterocycles. The Morgan fingerprint density at radius 1 is 0.882 bits per heavy atom. The number of benzene rings is 2. The SMILES string of the molecule is Cc1ccc(C2(c3ccc(OCc4ccnc(N5CCC6(CCO6)CC5)n4)cc3)CCC2)cc1. The van der Waals surface area contributed by atoms with Crippen LogP contribution in [-0.2, 0) is 16.8 Å². The highest BCUT2D eigenvalue weighted by Crippen LogP contribution is 2.49. The summed E-state index contributed by atoms with van der Waals surface area (Å²) >= 11 is 0. The van der Waals surface area contributed by atoms with Crippen LogP contribution in [0.4, 0.5) is 5.95 Å². The highest BCUT2D eigenvalue weighted by Gasteiger charge is 2.42. The van der Waals surface area contributed by atoms with E-state index in [-0.39, 0.29) is 11.0 Å². The van der Waals surface area contributed by atoms with Gasteiger partial charge < -0.3 is 14.4 Å². The molecule has 1 aromatic heterocycles. The molecule has 6 rings (SSSR count). The van der Waals surface area contributed by atoms with Crippen LogP contribution >= 0.6 is 0 Å². The quantitative estimate of drug-likeness (QED) is 0.485. The maximum absolute atomic E-state index is 6.11. The lowest BCUT2D eigenvalue weighted by Crippen LogP contribution is -2.52. The Hall–Kier alpha value is -2.92. The lowest BCUT2D eigenvalue weighted by molar-refractivity contribution is -0.158. The molecule has 3 aliphatic rings. The second kappa shape index (κ2) is 8.70. The highest BCUT2D eigenvalue weighted by atomic mass is 16.5. The zero-order valence-corrected chi connectivity index (χ0v) is 20.0. The fourth-order valence-corrected chi connectivity index (χ4v) is 5.69. The molecule has 0 N–H and O–H groups in total. The molecule has 0 amide bonds. The second-order valence-corrected chi connectivity index (χ2v) is 10.2. The van der Waals surface area contributed by atoms with Gasteiger partial charge in [0.2, 0.25) is 5.95 Å². The first kappa shape index (κ1) is 21.6. The van der Waals surface area contributed by atoms with Gasteiger partial charge in [-0.25, -0.2) is 9.97 Å². The van der Waals surface area contributed by atoms with E-state index in [4.69, 9.17) is 14.5 Å². The second-order valence-electron chi connectivity index (χ2n) is 10.2. The van der Waals surface area contributed by atoms with Gasteiger partial charge in [0, 0.05) is 24.7 Å². The molecule has 2 aliphatic heterocycles. The fourth-order valence-electron chi connectivity index (χ4n) is 5.69. The number of aromatic nitrogens is 2. The zero-order chi connectivity index (χ0) is 23.0. The van der Waals surface area contributed by atoms with Crippen LogP contribution < -0.4 is 9.64 Å². The highest BCUT2D eigenvalue weighted by molar-refractivity contribution is 5.44. The molecule has 0 unspecified atom stereocenters. The molecule has 1 aliphatic carbocycles. The average molecular weight is 456 g/mol. The summed E-state index contributed by atoms with van der Waals surface area (Å²) in [6, 6.07) is 19.7. The molecule has 1 saturated carbocycles. The molecular weight excluding hydrogens is 422 g/mol. The largest absolute Gasteiger partial charge is 0.487 e. The van der Waals surface area contributed by atoms with Crippen LogP contribution in [-0.4, -0.2) is 35.3 Å². The van der Waals surface area contributed by atoms with Gasteiger partial charge in [-0.05, 0) is 68.4 Å². The van der Waals surface area contributed by atoms with Crippen LogP contribution in [0.3, 0.4) is 0 Å². The van der Waals surface area contributed by atoms with E-state index in [9.17, 15) is 0 Å². The summed E-state index contributed by atoms with van der Waals surface area (Å²) in [6.07, 6.45) is 8.87. The minimum absolute atomic E-state index is 0.140. The third-order valence-corrected chi connectivity index (χ3v) is 8.23. The van der Waals surface area contributed by atoms with Gasteiger partial charge in [-0.15, -0.1) is 0 Å². The Morgan fingerprint density at radius 3 is 2.15 bits per heavy atom. The van der Waals surface area contributed by atoms with E-state index < -0.39 is 0 Å². The predicted octanol–water partition coefficient (Wildman–Crippen LogP) is 5.59. The molecule has 5 nitrogen and oxygen atoms in total. The minimum atomic E-state index is 0.140. The van der Waals surface area contributed by atoms with E-state index >= 15 is 0 Å². The Labute approximate surface area is 202 Å². The molecular formula is C29H33N3O2. The van der Waals surface area contributed by atoms with Crippen molar-refractivity contribution in [1.82, 2.24) is 9.97 Å². The molecule has 176 valence electrons. The van der Waals surface area contributed by atoms with Crippen LogP contribution in [0.25, 0.3) is 0 Å². The smallest absolute Gasteiger partial charge is 0.225 e. The number of nitrogens with zero attached hydrogens (tertiary/aromatic N) is 3. The Bertz CT molecular complexity index is 1120. The third kappa shape index (κ3) is 3.96. The first-order valence-corrected chi connectivity index (χ1v) is 12.7. The normalized spacial score (nSPS) is 20.4. The number of ether oxygens (including phenoxy) is 2. The summed E-state index contributed by atoms with van der Waals surface area (Å²) in [5.74, 6) is 1.68. The van der Waals surface area contributed by atoms with Crippen molar-refractivity contribution in [2.24, 2.45) is 0 Å². The van der Waals surface area contributed by atoms with Gasteiger partial charge in [-0.2, -0.15) is 0 Å². The standard InChI is InChI=1S/C29H33N3O2/c1-22-3-5-23(6-4-22)29(12-2-13-29)24-7-9-26(10-8-24)33-21-25-11-17-30-27(31-25)32-18-14-28(15-19-32)16-20-34-28/h3-11,17H,2,12-16,18-21H2,1H3. The molecule has 34 heavy (non-hydrogen) atoms. The van der Waals surface area contributed by atoms with Crippen LogP contribution in [0.5, 0.6) is 5.75 Å². The Kier molecular flexibility index (Phi) is 5.53. The number of hydrogen-bond donors (Lipinski definition) is 0. The Morgan fingerprint density at radius 2 is 1.56 bits per heavy atom. The van der Waals surface area contributed by atoms with Crippen molar-refractivity contribution in [3.05, 3.63) is 83.2 Å². The first-order valence-electron chi connectivity index (χ1n) is 12.7. The van der Waals surface area contributed by atoms with Crippen molar-refractivity contribution in [1.29, 1.82) is 0 Å². The number of piperidine rings is 1. The lowest BCUT2D eigenvalue weighted by atomic mass is 9.60. The van der Waals surface area contributed by atoms with Crippen LogP contribution in [0.2, 0.25) is 0 Å². The monoisotopic (exact) mass is 455 g/mol. The summed E-state index contributed by atoms with van der Waals surface area (Å²) in [4.78, 5) is 11.6. The molecule has 3 fully saturated rings. The number of rotatable bonds is 6. The first-order chi connectivity index (χ1) is 16.6. The molecule has 0 atom stereocenters. The summed E-state index contributed by atoms with van der Waals surface area (Å²) in [5.41, 5.74) is 5.33. The average Bonchev–Trinajstić information content (AvgIpc) is 2.83. The zero-order valence-electron chi connectivity index (χ0n) is 20.0. The van der Waals surface area contributed by atoms with E-state index in [1.165, 1.54) is 42.4 Å². The van der Waals surface area contributed by atoms with Crippen LogP contribution in [0.1, 0.15) is 60.9 Å². The molecule has 0 bridgehead atoms. The van der Waals surface area contributed by atoms with Gasteiger partial charge in [0.1, 0.15) is 12.4 Å². The van der Waals surface area contributed by atoms with Crippen LogP contribution in [0, 0.1) is 6.92 Å². The Balaban J connectivity index is 1.10. The van der Waals surface area contributed by atoms with Crippen molar-refractivity contribution in [2.75, 3.05) is 24.6 Å². The molecule has 2 aromatic carbocycles. The van der Waals surface area contributed by atoms with Gasteiger partial charge in [0.15, 0.2) is 0 Å². The summed E-state index contributed by atoms with van der Waals surface area (Å²) < 4.78 is 11.9. The number of aryl methyl sites for hydroxylation is 1. The number of hydrogen-bond acceptors (Lipinski definition) is 5. The number of anilines is 1. The predicted molar refractivity (Wildman–Crippen MR) is 133 cm³/mol. The van der Waals surface area contributed by atoms with Crippen molar-refractivity contribution in [3.8, 4) is 5.75 Å². The molecule has 3 heterocycles. The summed E-state index contributed by atoms with van der Waals surface area (Å²) in [5, 5.41) is 0. The van der Waals surface area contributed by atoms with Gasteiger partial charge in [-0.1, -0.05) is 48.4 Å². The summed E-state index contributed by atoms with van der Waals surface area (Å²) in [6.45, 7) is 5.41. The van der Waals surface area contributed by atoms with E-state index in [0.717, 1.165) is 49.9 Å². The van der Waals surface area contributed by atoms with Gasteiger partial charge in [-0.3, -0.25) is 0 Å². The lowest BCUT2D eigenvalue weighted by Gasteiger charge is -2.47. The van der Waals surface area contributed by atoms with Crippen molar-refractivity contribution < 1.29 is 9.47 Å². The topological polar surface area (TPSA) is 47.5 Å². The maximum Gasteiger partial charge on any atom is 0.225 e. The van der Waals surface area contributed by atoms with E-state index in [1.807, 2.05) is 12.3 Å².